The van der Waals surface area contributed by atoms with Crippen LogP contribution in [0.3, 0.4) is 0 Å². The van der Waals surface area contributed by atoms with Crippen molar-refractivity contribution in [2.45, 2.75) is 32.7 Å². The van der Waals surface area contributed by atoms with E-state index >= 15 is 0 Å². The van der Waals surface area contributed by atoms with Crippen molar-refractivity contribution in [2.24, 2.45) is 5.73 Å². The summed E-state index contributed by atoms with van der Waals surface area (Å²) in [6, 6.07) is -0.340. The van der Waals surface area contributed by atoms with Crippen molar-refractivity contribution in [3.8, 4) is 0 Å². The van der Waals surface area contributed by atoms with Crippen LogP contribution < -0.4 is 10.8 Å². The quantitative estimate of drug-likeness (QED) is 0.499. The fourth-order valence-electron chi connectivity index (χ4n) is 0.740. The van der Waals surface area contributed by atoms with Gasteiger partial charge in [0.2, 0.25) is 0 Å². The number of quaternary nitrogens is 1. The molecule has 0 rings (SSSR count). The van der Waals surface area contributed by atoms with Crippen LogP contribution in [0.25, 0.3) is 0 Å². The Labute approximate surface area is 126 Å². The molecule has 0 fully saturated rings. The third-order valence-corrected chi connectivity index (χ3v) is 1.91. The lowest BCUT2D eigenvalue weighted by Gasteiger charge is -2.23. The second-order valence-corrected chi connectivity index (χ2v) is 5.19. The number of carbonyl (C=O) groups excluding carboxylic acids is 2. The number of nitrogens with two attached hydrogens (primary N) is 1. The van der Waals surface area contributed by atoms with Gasteiger partial charge in [-0.2, -0.15) is 0 Å². The van der Waals surface area contributed by atoms with E-state index in [2.05, 4.69) is 6.58 Å². The van der Waals surface area contributed by atoms with Crippen LogP contribution in [0.2, 0.25) is 0 Å². The molecule has 0 aliphatic rings. The van der Waals surface area contributed by atoms with Gasteiger partial charge < -0.3 is 25.2 Å². The van der Waals surface area contributed by atoms with Crippen LogP contribution in [0.1, 0.15) is 26.7 Å². The number of nitrogens with zero attached hydrogens (tertiary/aromatic N) is 1. The molecular weight excluding hydrogens is 276 g/mol. The molecule has 0 aliphatic carbocycles. The molecular formula is C14H28N2O5. The second kappa shape index (κ2) is 13.3. The zero-order valence-corrected chi connectivity index (χ0v) is 13.6. The highest BCUT2D eigenvalue weighted by molar-refractivity contribution is 5.93. The number of hydrogen-bond acceptors (Lipinski definition) is 5. The van der Waals surface area contributed by atoms with Gasteiger partial charge in [0, 0.05) is 6.42 Å². The van der Waals surface area contributed by atoms with Crippen molar-refractivity contribution in [1.29, 1.82) is 0 Å². The minimum Gasteiger partial charge on any atom is -0.544 e. The Morgan fingerprint density at radius 3 is 1.71 bits per heavy atom. The van der Waals surface area contributed by atoms with Crippen LogP contribution in [0.15, 0.2) is 12.7 Å². The van der Waals surface area contributed by atoms with Gasteiger partial charge >= 0.3 is 5.97 Å². The molecule has 0 spiro atoms. The average Bonchev–Trinajstić information content (AvgIpc) is 2.35. The summed E-state index contributed by atoms with van der Waals surface area (Å²) >= 11 is 0. The number of likely N-dealkylation sites (N-methyl/N-ethyl adjacent to an activating group) is 1. The number of carboxylic acids is 2. The van der Waals surface area contributed by atoms with Crippen LogP contribution in [0, 0.1) is 0 Å². The Morgan fingerprint density at radius 1 is 1.29 bits per heavy atom. The van der Waals surface area contributed by atoms with Crippen molar-refractivity contribution >= 4 is 17.7 Å². The first-order valence-electron chi connectivity index (χ1n) is 6.55. The van der Waals surface area contributed by atoms with Gasteiger partial charge in [0.25, 0.3) is 0 Å². The predicted molar refractivity (Wildman–Crippen MR) is 79.3 cm³/mol. The second-order valence-electron chi connectivity index (χ2n) is 5.19. The third-order valence-electron chi connectivity index (χ3n) is 1.91. The number of ketones is 1. The highest BCUT2D eigenvalue weighted by Crippen LogP contribution is 1.87. The lowest BCUT2D eigenvalue weighted by Crippen LogP contribution is -2.45. The average molecular weight is 304 g/mol. The van der Waals surface area contributed by atoms with Crippen LogP contribution in [-0.2, 0) is 14.4 Å². The normalized spacial score (nSPS) is 11.0. The lowest BCUT2D eigenvalue weighted by molar-refractivity contribution is -0.864. The monoisotopic (exact) mass is 304 g/mol. The molecule has 0 bridgehead atoms. The minimum absolute atomic E-state index is 0.0694. The van der Waals surface area contributed by atoms with Gasteiger partial charge in [-0.1, -0.05) is 20.4 Å². The number of carbonyl (C=O) groups is 3. The zero-order chi connectivity index (χ0) is 17.6. The predicted octanol–water partition coefficient (Wildman–Crippen LogP) is -0.598. The maximum absolute atomic E-state index is 10.5. The molecule has 0 aromatic heterocycles. The molecule has 7 heteroatoms. The molecule has 7 nitrogen and oxygen atoms in total. The lowest BCUT2D eigenvalue weighted by atomic mass is 10.1. The van der Waals surface area contributed by atoms with E-state index in [4.69, 9.17) is 10.8 Å². The Kier molecular flexibility index (Phi) is 15.3. The largest absolute Gasteiger partial charge is 0.544 e. The van der Waals surface area contributed by atoms with Crippen molar-refractivity contribution in [1.82, 2.24) is 0 Å². The molecule has 0 saturated carbocycles. The van der Waals surface area contributed by atoms with Crippen molar-refractivity contribution in [2.75, 3.05) is 27.7 Å². The van der Waals surface area contributed by atoms with Crippen molar-refractivity contribution in [3.63, 3.8) is 0 Å². The smallest absolute Gasteiger partial charge is 0.303 e. The summed E-state index contributed by atoms with van der Waals surface area (Å²) in [5, 5.41) is 17.6. The van der Waals surface area contributed by atoms with Gasteiger partial charge in [-0.05, 0) is 12.5 Å². The molecule has 0 aliphatic heterocycles. The summed E-state index contributed by atoms with van der Waals surface area (Å²) in [6.07, 6.45) is 2.17. The van der Waals surface area contributed by atoms with E-state index in [1.165, 1.54) is 6.08 Å². The molecule has 0 saturated heterocycles. The summed E-state index contributed by atoms with van der Waals surface area (Å²) < 4.78 is 0.419. The van der Waals surface area contributed by atoms with Gasteiger partial charge in [-0.3, -0.25) is 9.59 Å². The zero-order valence-electron chi connectivity index (χ0n) is 13.6. The number of rotatable bonds is 6. The summed E-state index contributed by atoms with van der Waals surface area (Å²) in [5.74, 6) is -1.82. The molecule has 0 aromatic carbocycles. The number of carboxylic acid groups (broad SMARTS) is 2. The van der Waals surface area contributed by atoms with E-state index in [0.717, 1.165) is 0 Å². The first-order valence-corrected chi connectivity index (χ1v) is 6.55. The minimum atomic E-state index is -1.00. The van der Waals surface area contributed by atoms with Gasteiger partial charge in [0.15, 0.2) is 5.78 Å². The highest BCUT2D eigenvalue weighted by Gasteiger charge is 2.05. The van der Waals surface area contributed by atoms with Crippen LogP contribution in [0.4, 0.5) is 0 Å². The summed E-state index contributed by atoms with van der Waals surface area (Å²) in [6.45, 7) is 6.84. The Morgan fingerprint density at radius 2 is 1.67 bits per heavy atom. The fourth-order valence-corrected chi connectivity index (χ4v) is 0.740. The molecule has 1 unspecified atom stereocenters. The molecule has 0 heterocycles. The molecule has 0 amide bonds. The van der Waals surface area contributed by atoms with Gasteiger partial charge in [0.1, 0.15) is 6.54 Å². The van der Waals surface area contributed by atoms with Crippen LogP contribution >= 0.6 is 0 Å². The number of aliphatic carboxylic acids is 2. The molecule has 21 heavy (non-hydrogen) atoms. The van der Waals surface area contributed by atoms with Crippen molar-refractivity contribution in [3.05, 3.63) is 12.7 Å². The topological polar surface area (TPSA) is 121 Å². The maximum atomic E-state index is 10.5. The van der Waals surface area contributed by atoms with Gasteiger partial charge in [-0.15, -0.1) is 0 Å². The summed E-state index contributed by atoms with van der Waals surface area (Å²) in [4.78, 5) is 29.8. The molecule has 1 atom stereocenters. The first kappa shape index (κ1) is 24.3. The maximum Gasteiger partial charge on any atom is 0.303 e. The molecule has 124 valence electrons. The Balaban J connectivity index is -0.000000239. The van der Waals surface area contributed by atoms with Gasteiger partial charge in [-0.25, -0.2) is 0 Å². The van der Waals surface area contributed by atoms with E-state index in [9.17, 15) is 19.5 Å². The Bertz CT molecular complexity index is 335. The summed E-state index contributed by atoms with van der Waals surface area (Å²) in [5.41, 5.74) is 5.31. The summed E-state index contributed by atoms with van der Waals surface area (Å²) in [7, 11) is 5.40. The molecule has 0 aromatic rings. The standard InChI is InChI=1S/C6H11NO.C5H11NO2.C3H6O2/c1-3-5(7)6(8)4-2;1-6(2,3)4-5(7)8;1-2-3(4)5/h4-5H,2-3,7H2,1H3;4H2,1-3H3;2H2,1H3,(H,4,5). The SMILES string of the molecule is C=CC(=O)C(N)CC.CCC(=O)O.C[N+](C)(C)CC(=O)[O-]. The van der Waals surface area contributed by atoms with Crippen LogP contribution in [0.5, 0.6) is 0 Å². The first-order chi connectivity index (χ1) is 9.41. The number of hydrogen-bond donors (Lipinski definition) is 2. The highest BCUT2D eigenvalue weighted by atomic mass is 16.4. The fraction of sp³-hybridized carbons (Fsp3) is 0.643. The van der Waals surface area contributed by atoms with E-state index in [1.54, 1.807) is 28.1 Å². The van der Waals surface area contributed by atoms with E-state index in [-0.39, 0.29) is 24.8 Å². The van der Waals surface area contributed by atoms with E-state index in [0.29, 0.717) is 10.9 Å². The van der Waals surface area contributed by atoms with E-state index in [1.807, 2.05) is 6.92 Å². The Hall–Kier alpha value is -1.73. The van der Waals surface area contributed by atoms with Gasteiger partial charge in [0.05, 0.1) is 33.2 Å². The van der Waals surface area contributed by atoms with Crippen molar-refractivity contribution < 1.29 is 29.1 Å². The molecule has 0 radical (unpaired) electrons. The molecule has 3 N–H and O–H groups in total. The third kappa shape index (κ3) is 27.5. The van der Waals surface area contributed by atoms with Crippen LogP contribution in [-0.4, -0.2) is 61.0 Å². The van der Waals surface area contributed by atoms with E-state index < -0.39 is 11.9 Å².